The molecule has 2 aliphatic rings. The van der Waals surface area contributed by atoms with Gasteiger partial charge in [0.15, 0.2) is 0 Å². The van der Waals surface area contributed by atoms with E-state index in [-0.39, 0.29) is 5.92 Å². The standard InChI is InChI=1S/C15H24O/c16-15-10-6-2-5-9-14(15)12-11-13-7-3-1-4-8-13/h5,9,13-14H,1-4,6-8,10-12H2. The van der Waals surface area contributed by atoms with Gasteiger partial charge >= 0.3 is 0 Å². The Kier molecular flexibility index (Phi) is 4.62. The summed E-state index contributed by atoms with van der Waals surface area (Å²) in [5, 5.41) is 0. The normalized spacial score (nSPS) is 28.0. The molecule has 0 aromatic carbocycles. The van der Waals surface area contributed by atoms with Crippen molar-refractivity contribution in [3.63, 3.8) is 0 Å². The van der Waals surface area contributed by atoms with Gasteiger partial charge in [0.25, 0.3) is 0 Å². The van der Waals surface area contributed by atoms with Gasteiger partial charge < -0.3 is 0 Å². The van der Waals surface area contributed by atoms with Gasteiger partial charge in [-0.15, -0.1) is 0 Å². The summed E-state index contributed by atoms with van der Waals surface area (Å²) < 4.78 is 0. The van der Waals surface area contributed by atoms with Crippen LogP contribution in [-0.2, 0) is 4.79 Å². The molecule has 1 atom stereocenters. The fourth-order valence-corrected chi connectivity index (χ4v) is 3.10. The lowest BCUT2D eigenvalue weighted by Gasteiger charge is -2.22. The number of ketones is 1. The van der Waals surface area contributed by atoms with Gasteiger partial charge in [-0.05, 0) is 31.6 Å². The first-order valence-corrected chi connectivity index (χ1v) is 7.05. The van der Waals surface area contributed by atoms with Crippen molar-refractivity contribution in [2.24, 2.45) is 11.8 Å². The smallest absolute Gasteiger partial charge is 0.139 e. The number of allylic oxidation sites excluding steroid dienone is 2. The monoisotopic (exact) mass is 220 g/mol. The molecular formula is C15H24O. The molecule has 0 radical (unpaired) electrons. The Morgan fingerprint density at radius 2 is 1.88 bits per heavy atom. The maximum absolute atomic E-state index is 11.8. The molecule has 0 heterocycles. The minimum Gasteiger partial charge on any atom is -0.299 e. The van der Waals surface area contributed by atoms with E-state index in [0.717, 1.165) is 31.6 Å². The SMILES string of the molecule is O=C1CCCC=CC1CCC1CCCCC1. The third kappa shape index (κ3) is 3.47. The highest BCUT2D eigenvalue weighted by molar-refractivity contribution is 5.82. The topological polar surface area (TPSA) is 17.1 Å². The van der Waals surface area contributed by atoms with Crippen LogP contribution in [-0.4, -0.2) is 5.78 Å². The van der Waals surface area contributed by atoms with Gasteiger partial charge in [0.1, 0.15) is 5.78 Å². The molecule has 1 unspecified atom stereocenters. The molecule has 1 heteroatoms. The minimum absolute atomic E-state index is 0.254. The van der Waals surface area contributed by atoms with Crippen LogP contribution in [0.15, 0.2) is 12.2 Å². The molecule has 0 spiro atoms. The predicted octanol–water partition coefficient (Wildman–Crippen LogP) is 4.27. The molecule has 0 saturated heterocycles. The average molecular weight is 220 g/mol. The van der Waals surface area contributed by atoms with Gasteiger partial charge in [0.05, 0.1) is 0 Å². The number of carbonyl (C=O) groups is 1. The highest BCUT2D eigenvalue weighted by Gasteiger charge is 2.20. The second kappa shape index (κ2) is 6.22. The lowest BCUT2D eigenvalue weighted by molar-refractivity contribution is -0.121. The molecule has 0 bridgehead atoms. The maximum atomic E-state index is 11.8. The molecule has 1 saturated carbocycles. The van der Waals surface area contributed by atoms with E-state index in [2.05, 4.69) is 12.2 Å². The van der Waals surface area contributed by atoms with E-state index < -0.39 is 0 Å². The van der Waals surface area contributed by atoms with E-state index in [4.69, 9.17) is 0 Å². The van der Waals surface area contributed by atoms with E-state index >= 15 is 0 Å². The van der Waals surface area contributed by atoms with Crippen LogP contribution in [0, 0.1) is 11.8 Å². The van der Waals surface area contributed by atoms with Crippen molar-refractivity contribution < 1.29 is 4.79 Å². The number of rotatable bonds is 3. The molecule has 90 valence electrons. The van der Waals surface area contributed by atoms with Crippen molar-refractivity contribution >= 4 is 5.78 Å². The van der Waals surface area contributed by atoms with Crippen molar-refractivity contribution in [3.05, 3.63) is 12.2 Å². The van der Waals surface area contributed by atoms with Crippen LogP contribution in [0.3, 0.4) is 0 Å². The summed E-state index contributed by atoms with van der Waals surface area (Å²) in [5.41, 5.74) is 0. The third-order valence-electron chi connectivity index (χ3n) is 4.19. The van der Waals surface area contributed by atoms with Crippen molar-refractivity contribution in [1.82, 2.24) is 0 Å². The van der Waals surface area contributed by atoms with Gasteiger partial charge in [-0.3, -0.25) is 4.79 Å². The summed E-state index contributed by atoms with van der Waals surface area (Å²) in [6.45, 7) is 0. The Bertz CT molecular complexity index is 248. The molecule has 0 aromatic rings. The quantitative estimate of drug-likeness (QED) is 0.649. The molecule has 1 fully saturated rings. The van der Waals surface area contributed by atoms with Crippen molar-refractivity contribution in [2.45, 2.75) is 64.2 Å². The second-order valence-electron chi connectivity index (χ2n) is 5.47. The molecule has 0 N–H and O–H groups in total. The fourth-order valence-electron chi connectivity index (χ4n) is 3.10. The average Bonchev–Trinajstić information content (AvgIpc) is 2.53. The molecule has 0 amide bonds. The van der Waals surface area contributed by atoms with Gasteiger partial charge in [0, 0.05) is 12.3 Å². The van der Waals surface area contributed by atoms with Gasteiger partial charge in [0.2, 0.25) is 0 Å². The first-order valence-electron chi connectivity index (χ1n) is 7.05. The van der Waals surface area contributed by atoms with E-state index in [1.807, 2.05) is 0 Å². The molecule has 1 nitrogen and oxygen atoms in total. The number of hydrogen-bond acceptors (Lipinski definition) is 1. The van der Waals surface area contributed by atoms with Crippen molar-refractivity contribution in [3.8, 4) is 0 Å². The summed E-state index contributed by atoms with van der Waals surface area (Å²) in [7, 11) is 0. The highest BCUT2D eigenvalue weighted by Crippen LogP contribution is 2.29. The predicted molar refractivity (Wildman–Crippen MR) is 67.3 cm³/mol. The van der Waals surface area contributed by atoms with Crippen LogP contribution < -0.4 is 0 Å². The number of hydrogen-bond donors (Lipinski definition) is 0. The van der Waals surface area contributed by atoms with Crippen LogP contribution in [0.4, 0.5) is 0 Å². The van der Waals surface area contributed by atoms with E-state index in [0.29, 0.717) is 5.78 Å². The Morgan fingerprint density at radius 3 is 2.69 bits per heavy atom. The zero-order valence-electron chi connectivity index (χ0n) is 10.3. The first kappa shape index (κ1) is 11.9. The summed E-state index contributed by atoms with van der Waals surface area (Å²) >= 11 is 0. The Hall–Kier alpha value is -0.590. The molecule has 2 rings (SSSR count). The zero-order valence-corrected chi connectivity index (χ0v) is 10.3. The first-order chi connectivity index (χ1) is 7.86. The van der Waals surface area contributed by atoms with Crippen LogP contribution >= 0.6 is 0 Å². The Balaban J connectivity index is 1.76. The van der Waals surface area contributed by atoms with E-state index in [1.54, 1.807) is 0 Å². The summed E-state index contributed by atoms with van der Waals surface area (Å²) in [4.78, 5) is 11.8. The third-order valence-corrected chi connectivity index (χ3v) is 4.19. The zero-order chi connectivity index (χ0) is 11.2. The van der Waals surface area contributed by atoms with Crippen molar-refractivity contribution in [1.29, 1.82) is 0 Å². The number of Topliss-reactive ketones (excluding diaryl/α,β-unsaturated/α-hetero) is 1. The van der Waals surface area contributed by atoms with Crippen molar-refractivity contribution in [2.75, 3.05) is 0 Å². The highest BCUT2D eigenvalue weighted by atomic mass is 16.1. The Morgan fingerprint density at radius 1 is 1.06 bits per heavy atom. The van der Waals surface area contributed by atoms with Gasteiger partial charge in [-0.2, -0.15) is 0 Å². The fraction of sp³-hybridized carbons (Fsp3) is 0.800. The lowest BCUT2D eigenvalue weighted by Crippen LogP contribution is -2.14. The number of carbonyl (C=O) groups excluding carboxylic acids is 1. The molecule has 2 aliphatic carbocycles. The lowest BCUT2D eigenvalue weighted by atomic mass is 9.83. The minimum atomic E-state index is 0.254. The molecule has 16 heavy (non-hydrogen) atoms. The van der Waals surface area contributed by atoms with Gasteiger partial charge in [-0.1, -0.05) is 44.3 Å². The Labute approximate surface area is 99.3 Å². The molecule has 0 aliphatic heterocycles. The van der Waals surface area contributed by atoms with E-state index in [9.17, 15) is 4.79 Å². The largest absolute Gasteiger partial charge is 0.299 e. The van der Waals surface area contributed by atoms with Crippen LogP contribution in [0.1, 0.15) is 64.2 Å². The van der Waals surface area contributed by atoms with Crippen LogP contribution in [0.25, 0.3) is 0 Å². The molecule has 0 aromatic heterocycles. The second-order valence-corrected chi connectivity index (χ2v) is 5.47. The van der Waals surface area contributed by atoms with Crippen LogP contribution in [0.2, 0.25) is 0 Å². The molecular weight excluding hydrogens is 196 g/mol. The summed E-state index contributed by atoms with van der Waals surface area (Å²) in [6, 6.07) is 0. The van der Waals surface area contributed by atoms with E-state index in [1.165, 1.54) is 38.5 Å². The maximum Gasteiger partial charge on any atom is 0.139 e. The van der Waals surface area contributed by atoms with Gasteiger partial charge in [-0.25, -0.2) is 0 Å². The summed E-state index contributed by atoms with van der Waals surface area (Å²) in [5.74, 6) is 1.66. The summed E-state index contributed by atoms with van der Waals surface area (Å²) in [6.07, 6.45) is 16.8. The van der Waals surface area contributed by atoms with Crippen LogP contribution in [0.5, 0.6) is 0 Å².